The highest BCUT2D eigenvalue weighted by Gasteiger charge is 2.12. The van der Waals surface area contributed by atoms with E-state index < -0.39 is 0 Å². The molecule has 0 fully saturated rings. The maximum atomic E-state index is 11.4. The molecule has 0 aliphatic heterocycles. The van der Waals surface area contributed by atoms with Gasteiger partial charge in [0.2, 0.25) is 0 Å². The van der Waals surface area contributed by atoms with Crippen LogP contribution in [0.4, 0.5) is 0 Å². The van der Waals surface area contributed by atoms with Gasteiger partial charge in [-0.25, -0.2) is 0 Å². The van der Waals surface area contributed by atoms with Crippen molar-refractivity contribution in [1.29, 1.82) is 0 Å². The number of ketones is 2. The van der Waals surface area contributed by atoms with Crippen LogP contribution < -0.4 is 0 Å². The largest absolute Gasteiger partial charge is 0.292 e. The lowest BCUT2D eigenvalue weighted by Crippen LogP contribution is -2.03. The second kappa shape index (κ2) is 4.61. The SMILES string of the molecule is O=C1CC=CC=C1N=NC1=CC=CCC1=O. The number of hydrogen-bond donors (Lipinski definition) is 0. The molecule has 0 bridgehead atoms. The van der Waals surface area contributed by atoms with Crippen molar-refractivity contribution >= 4 is 11.6 Å². The molecule has 0 unspecified atom stereocenters. The van der Waals surface area contributed by atoms with E-state index >= 15 is 0 Å². The van der Waals surface area contributed by atoms with Crippen LogP contribution in [0.5, 0.6) is 0 Å². The predicted molar refractivity (Wildman–Crippen MR) is 58.6 cm³/mol. The van der Waals surface area contributed by atoms with Crippen LogP contribution in [-0.2, 0) is 9.59 Å². The third-order valence-electron chi connectivity index (χ3n) is 2.22. The molecule has 0 atom stereocenters. The Morgan fingerprint density at radius 2 is 1.25 bits per heavy atom. The van der Waals surface area contributed by atoms with Crippen LogP contribution in [0.3, 0.4) is 0 Å². The molecule has 0 aromatic heterocycles. The predicted octanol–water partition coefficient (Wildman–Crippen LogP) is 2.26. The second-order valence-corrected chi connectivity index (χ2v) is 3.41. The monoisotopic (exact) mass is 214 g/mol. The van der Waals surface area contributed by atoms with Gasteiger partial charge >= 0.3 is 0 Å². The highest BCUT2D eigenvalue weighted by molar-refractivity contribution is 5.98. The molecule has 2 aliphatic rings. The van der Waals surface area contributed by atoms with Crippen LogP contribution in [0.25, 0.3) is 0 Å². The van der Waals surface area contributed by atoms with Crippen LogP contribution in [0.2, 0.25) is 0 Å². The van der Waals surface area contributed by atoms with Gasteiger partial charge in [-0.2, -0.15) is 0 Å². The fourth-order valence-corrected chi connectivity index (χ4v) is 1.35. The lowest BCUT2D eigenvalue weighted by atomic mass is 10.1. The van der Waals surface area contributed by atoms with Gasteiger partial charge in [0.15, 0.2) is 11.6 Å². The van der Waals surface area contributed by atoms with Crippen LogP contribution in [0.15, 0.2) is 58.1 Å². The van der Waals surface area contributed by atoms with E-state index in [-0.39, 0.29) is 11.6 Å². The molecule has 4 nitrogen and oxygen atoms in total. The van der Waals surface area contributed by atoms with E-state index in [4.69, 9.17) is 0 Å². The first-order chi connectivity index (χ1) is 7.77. The van der Waals surface area contributed by atoms with Gasteiger partial charge in [0, 0.05) is 12.8 Å². The zero-order chi connectivity index (χ0) is 11.4. The van der Waals surface area contributed by atoms with Crippen molar-refractivity contribution in [3.05, 3.63) is 47.9 Å². The van der Waals surface area contributed by atoms with Crippen LogP contribution in [-0.4, -0.2) is 11.6 Å². The Kier molecular flexibility index (Phi) is 3.00. The molecule has 0 saturated heterocycles. The summed E-state index contributed by atoms with van der Waals surface area (Å²) in [6.45, 7) is 0. The molecular weight excluding hydrogens is 204 g/mol. The van der Waals surface area contributed by atoms with Crippen molar-refractivity contribution in [1.82, 2.24) is 0 Å². The number of Topliss-reactive ketones (excluding diaryl/α,β-unsaturated/α-hetero) is 2. The fourth-order valence-electron chi connectivity index (χ4n) is 1.35. The third-order valence-corrected chi connectivity index (χ3v) is 2.22. The minimum atomic E-state index is -0.0781. The van der Waals surface area contributed by atoms with E-state index in [1.54, 1.807) is 36.5 Å². The van der Waals surface area contributed by atoms with Crippen LogP contribution in [0, 0.1) is 0 Å². The van der Waals surface area contributed by atoms with E-state index in [1.165, 1.54) is 0 Å². The number of allylic oxidation sites excluding steroid dienone is 8. The average molecular weight is 214 g/mol. The van der Waals surface area contributed by atoms with Gasteiger partial charge in [-0.1, -0.05) is 24.3 Å². The summed E-state index contributed by atoms with van der Waals surface area (Å²) in [4.78, 5) is 22.7. The molecule has 0 N–H and O–H groups in total. The minimum absolute atomic E-state index is 0.0781. The van der Waals surface area contributed by atoms with Crippen molar-refractivity contribution in [2.75, 3.05) is 0 Å². The van der Waals surface area contributed by atoms with Gasteiger partial charge in [0.25, 0.3) is 0 Å². The van der Waals surface area contributed by atoms with Gasteiger partial charge in [-0.3, -0.25) is 9.59 Å². The van der Waals surface area contributed by atoms with Crippen LogP contribution in [0.1, 0.15) is 12.8 Å². The zero-order valence-corrected chi connectivity index (χ0v) is 8.59. The molecule has 0 radical (unpaired) electrons. The summed E-state index contributed by atoms with van der Waals surface area (Å²) in [6.07, 6.45) is 10.9. The Morgan fingerprint density at radius 3 is 1.62 bits per heavy atom. The maximum absolute atomic E-state index is 11.4. The number of carbonyl (C=O) groups is 2. The van der Waals surface area contributed by atoms with Crippen molar-refractivity contribution < 1.29 is 9.59 Å². The van der Waals surface area contributed by atoms with Gasteiger partial charge in [0.1, 0.15) is 11.4 Å². The Labute approximate surface area is 92.8 Å². The van der Waals surface area contributed by atoms with Gasteiger partial charge in [-0.15, -0.1) is 10.2 Å². The summed E-state index contributed by atoms with van der Waals surface area (Å²) in [5.74, 6) is -0.156. The highest BCUT2D eigenvalue weighted by Crippen LogP contribution is 2.14. The molecule has 0 heterocycles. The molecular formula is C12H10N2O2. The first-order valence-corrected chi connectivity index (χ1v) is 4.99. The first-order valence-electron chi connectivity index (χ1n) is 4.99. The molecule has 0 amide bonds. The van der Waals surface area contributed by atoms with Crippen molar-refractivity contribution in [3.8, 4) is 0 Å². The molecule has 80 valence electrons. The maximum Gasteiger partial charge on any atom is 0.186 e. The molecule has 2 aliphatic carbocycles. The van der Waals surface area contributed by atoms with Crippen LogP contribution >= 0.6 is 0 Å². The van der Waals surface area contributed by atoms with E-state index in [2.05, 4.69) is 10.2 Å². The fraction of sp³-hybridized carbons (Fsp3) is 0.167. The summed E-state index contributed by atoms with van der Waals surface area (Å²) in [5, 5.41) is 7.60. The summed E-state index contributed by atoms with van der Waals surface area (Å²) < 4.78 is 0. The topological polar surface area (TPSA) is 58.9 Å². The van der Waals surface area contributed by atoms with E-state index in [9.17, 15) is 9.59 Å². The Balaban J connectivity index is 2.15. The zero-order valence-electron chi connectivity index (χ0n) is 8.59. The standard InChI is InChI=1S/C12H10N2O2/c15-11-7-3-1-5-9(11)13-14-10-6-2-4-8-12(10)16/h1-6H,7-8H2. The quantitative estimate of drug-likeness (QED) is 0.662. The lowest BCUT2D eigenvalue weighted by Gasteiger charge is -2.03. The van der Waals surface area contributed by atoms with Gasteiger partial charge in [0.05, 0.1) is 0 Å². The normalized spacial score (nSPS) is 20.2. The van der Waals surface area contributed by atoms with Crippen molar-refractivity contribution in [3.63, 3.8) is 0 Å². The lowest BCUT2D eigenvalue weighted by molar-refractivity contribution is -0.116. The van der Waals surface area contributed by atoms with E-state index in [1.807, 2.05) is 0 Å². The van der Waals surface area contributed by atoms with Crippen molar-refractivity contribution in [2.45, 2.75) is 12.8 Å². The summed E-state index contributed by atoms with van der Waals surface area (Å²) in [5.41, 5.74) is 0.594. The molecule has 0 spiro atoms. The highest BCUT2D eigenvalue weighted by atomic mass is 16.1. The number of rotatable bonds is 2. The molecule has 0 aromatic rings. The minimum Gasteiger partial charge on any atom is -0.292 e. The number of azo groups is 1. The third kappa shape index (κ3) is 2.28. The summed E-state index contributed by atoms with van der Waals surface area (Å²) in [6, 6.07) is 0. The second-order valence-electron chi connectivity index (χ2n) is 3.41. The Hall–Kier alpha value is -2.10. The average Bonchev–Trinajstić information content (AvgIpc) is 2.30. The molecule has 16 heavy (non-hydrogen) atoms. The molecule has 4 heteroatoms. The number of carbonyl (C=O) groups excluding carboxylic acids is 2. The number of nitrogens with zero attached hydrogens (tertiary/aromatic N) is 2. The molecule has 0 aromatic carbocycles. The summed E-state index contributed by atoms with van der Waals surface area (Å²) in [7, 11) is 0. The Bertz CT molecular complexity index is 435. The first kappa shape index (κ1) is 10.4. The number of hydrogen-bond acceptors (Lipinski definition) is 4. The molecule has 0 saturated carbocycles. The smallest absolute Gasteiger partial charge is 0.186 e. The molecule has 2 rings (SSSR count). The summed E-state index contributed by atoms with van der Waals surface area (Å²) >= 11 is 0. The van der Waals surface area contributed by atoms with Crippen molar-refractivity contribution in [2.24, 2.45) is 10.2 Å². The van der Waals surface area contributed by atoms with E-state index in [0.29, 0.717) is 24.2 Å². The Morgan fingerprint density at radius 1 is 0.812 bits per heavy atom. The van der Waals surface area contributed by atoms with Gasteiger partial charge in [-0.05, 0) is 12.2 Å². The van der Waals surface area contributed by atoms with Gasteiger partial charge < -0.3 is 0 Å². The van der Waals surface area contributed by atoms with E-state index in [0.717, 1.165) is 0 Å².